The highest BCUT2D eigenvalue weighted by atomic mass is 32.2. The van der Waals surface area contributed by atoms with Crippen molar-refractivity contribution in [2.75, 3.05) is 0 Å². The minimum absolute atomic E-state index is 0.00663. The first-order chi connectivity index (χ1) is 14.5. The van der Waals surface area contributed by atoms with Gasteiger partial charge >= 0.3 is 0 Å². The summed E-state index contributed by atoms with van der Waals surface area (Å²) >= 11 is 1.40. The highest BCUT2D eigenvalue weighted by Crippen LogP contribution is 2.34. The highest BCUT2D eigenvalue weighted by Gasteiger charge is 2.19. The first kappa shape index (κ1) is 19.8. The second kappa shape index (κ2) is 8.46. The fraction of sp³-hybridized carbons (Fsp3) is 0.200. The maximum absolute atomic E-state index is 10.8. The van der Waals surface area contributed by atoms with Crippen LogP contribution in [0.5, 0.6) is 0 Å². The summed E-state index contributed by atoms with van der Waals surface area (Å²) in [6.07, 6.45) is 0.987. The lowest BCUT2D eigenvalue weighted by atomic mass is 10.1. The molecule has 0 saturated heterocycles. The Morgan fingerprint density at radius 1 is 1.10 bits per heavy atom. The van der Waals surface area contributed by atoms with Crippen molar-refractivity contribution in [3.05, 3.63) is 70.1 Å². The molecule has 0 spiro atoms. The van der Waals surface area contributed by atoms with Crippen LogP contribution in [-0.4, -0.2) is 30.3 Å². The van der Waals surface area contributed by atoms with Crippen molar-refractivity contribution in [1.82, 2.24) is 25.4 Å². The number of thioether (sulfide) groups is 1. The molecule has 0 fully saturated rings. The zero-order valence-corrected chi connectivity index (χ0v) is 17.1. The maximum Gasteiger partial charge on any atom is 0.269 e. The van der Waals surface area contributed by atoms with Crippen LogP contribution in [0, 0.1) is 10.1 Å². The fourth-order valence-corrected chi connectivity index (χ4v) is 3.53. The average molecular weight is 422 g/mol. The molecule has 4 aromatic rings. The van der Waals surface area contributed by atoms with Gasteiger partial charge in [-0.05, 0) is 31.0 Å². The third-order valence-corrected chi connectivity index (χ3v) is 5.44. The van der Waals surface area contributed by atoms with E-state index in [-0.39, 0.29) is 10.9 Å². The van der Waals surface area contributed by atoms with Crippen LogP contribution in [0.3, 0.4) is 0 Å². The van der Waals surface area contributed by atoms with Crippen LogP contribution in [-0.2, 0) is 6.42 Å². The van der Waals surface area contributed by atoms with E-state index in [1.165, 1.54) is 29.5 Å². The molecule has 4 rings (SSSR count). The van der Waals surface area contributed by atoms with E-state index < -0.39 is 4.92 Å². The third kappa shape index (κ3) is 4.23. The molecule has 0 saturated carbocycles. The molecule has 9 nitrogen and oxygen atoms in total. The van der Waals surface area contributed by atoms with Gasteiger partial charge in [-0.15, -0.1) is 15.3 Å². The number of nitrogens with one attached hydrogen (secondary N) is 1. The number of aromatic nitrogens is 5. The van der Waals surface area contributed by atoms with Crippen LogP contribution < -0.4 is 0 Å². The predicted molar refractivity (Wildman–Crippen MR) is 112 cm³/mol. The molecule has 0 aliphatic heterocycles. The van der Waals surface area contributed by atoms with Gasteiger partial charge in [0.15, 0.2) is 5.82 Å². The molecule has 1 N–H and O–H groups in total. The number of aromatic amines is 1. The molecule has 0 aliphatic rings. The lowest BCUT2D eigenvalue weighted by Gasteiger charge is -2.02. The van der Waals surface area contributed by atoms with E-state index in [0.29, 0.717) is 28.3 Å². The van der Waals surface area contributed by atoms with Crippen molar-refractivity contribution in [3.63, 3.8) is 0 Å². The minimum Gasteiger partial charge on any atom is -0.419 e. The summed E-state index contributed by atoms with van der Waals surface area (Å²) in [5, 5.41) is 26.5. The third-order valence-electron chi connectivity index (χ3n) is 4.50. The summed E-state index contributed by atoms with van der Waals surface area (Å²) in [4.78, 5) is 14.9. The zero-order valence-electron chi connectivity index (χ0n) is 16.3. The van der Waals surface area contributed by atoms with E-state index >= 15 is 0 Å². The number of hydrogen-bond donors (Lipinski definition) is 1. The van der Waals surface area contributed by atoms with E-state index in [9.17, 15) is 10.1 Å². The number of non-ortho nitro benzene ring substituents is 1. The molecule has 152 valence electrons. The number of benzene rings is 2. The van der Waals surface area contributed by atoms with Gasteiger partial charge in [0.05, 0.1) is 10.2 Å². The molecule has 0 radical (unpaired) electrons. The lowest BCUT2D eigenvalue weighted by molar-refractivity contribution is -0.384. The van der Waals surface area contributed by atoms with E-state index in [1.807, 2.05) is 19.1 Å². The first-order valence-electron chi connectivity index (χ1n) is 9.30. The number of rotatable bonds is 7. The molecule has 2 heterocycles. The van der Waals surface area contributed by atoms with Crippen LogP contribution in [0.4, 0.5) is 5.69 Å². The minimum atomic E-state index is -0.453. The second-order valence-corrected chi connectivity index (χ2v) is 7.83. The largest absolute Gasteiger partial charge is 0.419 e. The normalized spacial score (nSPS) is 12.1. The predicted octanol–water partition coefficient (Wildman–Crippen LogP) is 4.85. The number of nitrogens with zero attached hydrogens (tertiary/aromatic N) is 5. The van der Waals surface area contributed by atoms with Crippen molar-refractivity contribution in [1.29, 1.82) is 0 Å². The number of aryl methyl sites for hydroxylation is 1. The van der Waals surface area contributed by atoms with Gasteiger partial charge in [0, 0.05) is 23.3 Å². The van der Waals surface area contributed by atoms with Crippen LogP contribution in [0.15, 0.2) is 58.1 Å². The van der Waals surface area contributed by atoms with Gasteiger partial charge < -0.3 is 4.42 Å². The topological polar surface area (TPSA) is 124 Å². The molecule has 10 heteroatoms. The van der Waals surface area contributed by atoms with Crippen LogP contribution in [0.1, 0.15) is 30.6 Å². The Labute approximate surface area is 176 Å². The Bertz CT molecular complexity index is 1150. The van der Waals surface area contributed by atoms with Gasteiger partial charge in [-0.2, -0.15) is 0 Å². The Kier molecular flexibility index (Phi) is 5.57. The van der Waals surface area contributed by atoms with Gasteiger partial charge in [-0.1, -0.05) is 43.0 Å². The summed E-state index contributed by atoms with van der Waals surface area (Å²) in [6, 6.07) is 14.2. The van der Waals surface area contributed by atoms with E-state index in [4.69, 9.17) is 4.42 Å². The number of nitro benzene ring substituents is 1. The summed E-state index contributed by atoms with van der Waals surface area (Å²) < 4.78 is 5.74. The van der Waals surface area contributed by atoms with E-state index in [0.717, 1.165) is 12.0 Å². The Morgan fingerprint density at radius 3 is 2.47 bits per heavy atom. The van der Waals surface area contributed by atoms with Crippen LogP contribution in [0.25, 0.3) is 22.8 Å². The van der Waals surface area contributed by atoms with Gasteiger partial charge in [0.1, 0.15) is 0 Å². The van der Waals surface area contributed by atoms with Crippen LogP contribution in [0.2, 0.25) is 0 Å². The molecular formula is C20H18N6O3S. The molecule has 2 aromatic heterocycles. The molecule has 2 aromatic carbocycles. The van der Waals surface area contributed by atoms with E-state index in [2.05, 4.69) is 44.4 Å². The number of nitro groups is 1. The Morgan fingerprint density at radius 2 is 1.80 bits per heavy atom. The molecule has 1 unspecified atom stereocenters. The lowest BCUT2D eigenvalue weighted by Crippen LogP contribution is -1.89. The first-order valence-corrected chi connectivity index (χ1v) is 10.2. The molecule has 30 heavy (non-hydrogen) atoms. The van der Waals surface area contributed by atoms with Crippen LogP contribution >= 0.6 is 11.8 Å². The average Bonchev–Trinajstić information content (AvgIpc) is 3.44. The summed E-state index contributed by atoms with van der Waals surface area (Å²) in [5.41, 5.74) is 2.86. The molecule has 0 amide bonds. The second-order valence-electron chi connectivity index (χ2n) is 6.53. The van der Waals surface area contributed by atoms with Crippen molar-refractivity contribution < 1.29 is 9.34 Å². The van der Waals surface area contributed by atoms with Gasteiger partial charge in [-0.3, -0.25) is 15.2 Å². The molecule has 0 bridgehead atoms. The quantitative estimate of drug-likeness (QED) is 0.255. The van der Waals surface area contributed by atoms with Crippen molar-refractivity contribution in [3.8, 4) is 22.8 Å². The monoisotopic (exact) mass is 422 g/mol. The molecule has 1 atom stereocenters. The van der Waals surface area contributed by atoms with Crippen molar-refractivity contribution >= 4 is 17.4 Å². The van der Waals surface area contributed by atoms with Crippen molar-refractivity contribution in [2.45, 2.75) is 30.7 Å². The van der Waals surface area contributed by atoms with E-state index in [1.54, 1.807) is 12.1 Å². The summed E-state index contributed by atoms with van der Waals surface area (Å²) in [7, 11) is 0. The fourth-order valence-electron chi connectivity index (χ4n) is 2.78. The zero-order chi connectivity index (χ0) is 21.1. The van der Waals surface area contributed by atoms with Gasteiger partial charge in [-0.25, -0.2) is 4.98 Å². The SMILES string of the molecule is CCc1ccc(-c2nc(SC(C)c3nnc(-c4ccc([N+](=O)[O-])cc4)o3)n[nH]2)cc1. The molecule has 0 aliphatic carbocycles. The van der Waals surface area contributed by atoms with Gasteiger partial charge in [0.2, 0.25) is 16.9 Å². The smallest absolute Gasteiger partial charge is 0.269 e. The van der Waals surface area contributed by atoms with Crippen molar-refractivity contribution in [2.24, 2.45) is 0 Å². The maximum atomic E-state index is 10.8. The standard InChI is InChI=1S/C20H18N6O3S/c1-3-13-4-6-14(7-5-13)17-21-20(25-22-17)30-12(2)18-23-24-19(29-18)15-8-10-16(11-9-15)26(27)28/h4-12H,3H2,1-2H3,(H,21,22,25). The number of hydrogen-bond acceptors (Lipinski definition) is 8. The Hall–Kier alpha value is -3.53. The summed E-state index contributed by atoms with van der Waals surface area (Å²) in [5.74, 6) is 1.43. The number of H-pyrrole nitrogens is 1. The summed E-state index contributed by atoms with van der Waals surface area (Å²) in [6.45, 7) is 4.04. The highest BCUT2D eigenvalue weighted by molar-refractivity contribution is 7.99. The van der Waals surface area contributed by atoms with Gasteiger partial charge in [0.25, 0.3) is 5.69 Å². The Balaban J connectivity index is 1.45. The molecular weight excluding hydrogens is 404 g/mol.